The van der Waals surface area contributed by atoms with E-state index in [-0.39, 0.29) is 24.5 Å². The molecule has 4 aromatic rings. The quantitative estimate of drug-likeness (QED) is 0.376. The normalized spacial score (nSPS) is 16.8. The lowest BCUT2D eigenvalue weighted by Crippen LogP contribution is -2.46. The van der Waals surface area contributed by atoms with Crippen LogP contribution in [0.2, 0.25) is 0 Å². The number of aromatic nitrogens is 2. The third kappa shape index (κ3) is 4.08. The van der Waals surface area contributed by atoms with Crippen LogP contribution < -0.4 is 19.7 Å². The Morgan fingerprint density at radius 3 is 2.43 bits per heavy atom. The van der Waals surface area contributed by atoms with Gasteiger partial charge in [-0.15, -0.1) is 0 Å². The smallest absolute Gasteiger partial charge is 0.326 e. The monoisotopic (exact) mass is 498 g/mol. The van der Waals surface area contributed by atoms with Crippen molar-refractivity contribution in [2.45, 2.75) is 26.8 Å². The number of allylic oxidation sites excluding steroid dienone is 1. The van der Waals surface area contributed by atoms with Crippen LogP contribution in [-0.2, 0) is 0 Å². The lowest BCUT2D eigenvalue weighted by molar-refractivity contribution is 0.174. The molecule has 0 bridgehead atoms. The second-order valence-electron chi connectivity index (χ2n) is 9.11. The molecule has 1 unspecified atom stereocenters. The third-order valence-corrected chi connectivity index (χ3v) is 6.44. The Labute approximate surface area is 212 Å². The van der Waals surface area contributed by atoms with E-state index < -0.39 is 6.04 Å². The number of fused-ring (bicyclic) bond motifs is 1. The fourth-order valence-corrected chi connectivity index (χ4v) is 4.80. The van der Waals surface area contributed by atoms with E-state index in [9.17, 15) is 9.18 Å². The van der Waals surface area contributed by atoms with Gasteiger partial charge in [-0.3, -0.25) is 4.90 Å². The van der Waals surface area contributed by atoms with E-state index >= 15 is 0 Å². The van der Waals surface area contributed by atoms with Gasteiger partial charge in [0.15, 0.2) is 11.5 Å². The number of carbonyl (C=O) groups excluding carboxylic acids is 1. The van der Waals surface area contributed by atoms with Crippen molar-refractivity contribution in [1.82, 2.24) is 15.5 Å². The zero-order valence-corrected chi connectivity index (χ0v) is 20.4. The number of halogens is 1. The van der Waals surface area contributed by atoms with E-state index in [4.69, 9.17) is 14.0 Å². The Hall–Kier alpha value is -4.66. The molecule has 1 aromatic heterocycles. The highest BCUT2D eigenvalue weighted by Crippen LogP contribution is 2.40. The first kappa shape index (κ1) is 22.8. The van der Waals surface area contributed by atoms with Gasteiger partial charge in [0.2, 0.25) is 12.6 Å². The molecular formula is C28H23FN4O4. The number of anilines is 1. The third-order valence-electron chi connectivity index (χ3n) is 6.44. The first-order valence-electron chi connectivity index (χ1n) is 11.8. The van der Waals surface area contributed by atoms with Crippen molar-refractivity contribution in [1.29, 1.82) is 0 Å². The minimum absolute atomic E-state index is 0.162. The van der Waals surface area contributed by atoms with E-state index in [0.717, 1.165) is 16.8 Å². The summed E-state index contributed by atoms with van der Waals surface area (Å²) in [5.41, 5.74) is 5.40. The molecule has 0 radical (unpaired) electrons. The van der Waals surface area contributed by atoms with Crippen molar-refractivity contribution >= 4 is 17.3 Å². The highest BCUT2D eigenvalue weighted by atomic mass is 19.1. The molecule has 37 heavy (non-hydrogen) atoms. The summed E-state index contributed by atoms with van der Waals surface area (Å²) < 4.78 is 30.3. The largest absolute Gasteiger partial charge is 0.454 e. The average molecular weight is 499 g/mol. The maximum Gasteiger partial charge on any atom is 0.326 e. The van der Waals surface area contributed by atoms with E-state index in [1.165, 1.54) is 12.1 Å². The number of nitrogens with one attached hydrogen (secondary N) is 1. The maximum atomic E-state index is 13.7. The molecule has 0 fully saturated rings. The zero-order chi connectivity index (χ0) is 25.7. The Bertz CT molecular complexity index is 1540. The number of hydrogen-bond acceptors (Lipinski definition) is 6. The molecule has 0 spiro atoms. The van der Waals surface area contributed by atoms with E-state index in [0.29, 0.717) is 39.7 Å². The SMILES string of the molecule is CC1=C(c2nc(-c3ccc4c(c3)OCO4)no2)C(c2ccc(F)cc2)NC(=O)N1c1cc(C)cc(C)c1. The minimum atomic E-state index is -0.625. The molecule has 2 amide bonds. The fourth-order valence-electron chi connectivity index (χ4n) is 4.80. The Morgan fingerprint density at radius 1 is 0.946 bits per heavy atom. The predicted octanol–water partition coefficient (Wildman–Crippen LogP) is 5.92. The first-order valence-corrected chi connectivity index (χ1v) is 11.8. The molecule has 186 valence electrons. The molecule has 8 nitrogen and oxygen atoms in total. The molecule has 9 heteroatoms. The number of urea groups is 1. The Kier molecular flexibility index (Phi) is 5.40. The summed E-state index contributed by atoms with van der Waals surface area (Å²) in [6.07, 6.45) is 0. The number of hydrogen-bond donors (Lipinski definition) is 1. The van der Waals surface area contributed by atoms with Crippen LogP contribution in [0, 0.1) is 19.7 Å². The van der Waals surface area contributed by atoms with Gasteiger partial charge in [-0.1, -0.05) is 23.4 Å². The summed E-state index contributed by atoms with van der Waals surface area (Å²) in [4.78, 5) is 19.7. The first-order chi connectivity index (χ1) is 17.9. The number of ether oxygens (including phenoxy) is 2. The van der Waals surface area contributed by atoms with Crippen LogP contribution in [0.5, 0.6) is 11.5 Å². The lowest BCUT2D eigenvalue weighted by atomic mass is 9.94. The molecule has 0 saturated carbocycles. The Balaban J connectivity index is 1.48. The van der Waals surface area contributed by atoms with E-state index in [2.05, 4.69) is 15.5 Å². The molecule has 3 heterocycles. The van der Waals surface area contributed by atoms with Gasteiger partial charge in [-0.05, 0) is 79.9 Å². The maximum absolute atomic E-state index is 13.7. The molecule has 1 N–H and O–H groups in total. The molecule has 2 aliphatic heterocycles. The summed E-state index contributed by atoms with van der Waals surface area (Å²) in [5.74, 6) is 1.50. The van der Waals surface area contributed by atoms with Crippen LogP contribution in [0.3, 0.4) is 0 Å². The summed E-state index contributed by atoms with van der Waals surface area (Å²) in [6, 6.07) is 16.4. The van der Waals surface area contributed by atoms with Crippen LogP contribution in [0.25, 0.3) is 17.0 Å². The van der Waals surface area contributed by atoms with Crippen molar-refractivity contribution in [3.05, 3.63) is 94.8 Å². The van der Waals surface area contributed by atoms with E-state index in [1.807, 2.05) is 45.0 Å². The second-order valence-corrected chi connectivity index (χ2v) is 9.11. The Morgan fingerprint density at radius 2 is 1.68 bits per heavy atom. The molecular weight excluding hydrogens is 475 g/mol. The number of nitrogens with zero attached hydrogens (tertiary/aromatic N) is 3. The van der Waals surface area contributed by atoms with Crippen molar-refractivity contribution in [2.24, 2.45) is 0 Å². The highest BCUT2D eigenvalue weighted by molar-refractivity contribution is 6.01. The van der Waals surface area contributed by atoms with Crippen molar-refractivity contribution in [2.75, 3.05) is 11.7 Å². The van der Waals surface area contributed by atoms with Gasteiger partial charge in [0, 0.05) is 11.3 Å². The van der Waals surface area contributed by atoms with Crippen LogP contribution in [0.4, 0.5) is 14.9 Å². The summed E-state index contributed by atoms with van der Waals surface area (Å²) in [5, 5.41) is 7.24. The van der Waals surface area contributed by atoms with Gasteiger partial charge in [0.05, 0.1) is 17.3 Å². The molecule has 0 aliphatic carbocycles. The molecule has 3 aromatic carbocycles. The van der Waals surface area contributed by atoms with E-state index in [1.54, 1.807) is 29.2 Å². The van der Waals surface area contributed by atoms with Gasteiger partial charge in [-0.25, -0.2) is 9.18 Å². The average Bonchev–Trinajstić information content (AvgIpc) is 3.53. The second kappa shape index (κ2) is 8.77. The van der Waals surface area contributed by atoms with Crippen LogP contribution in [0.15, 0.2) is 70.9 Å². The van der Waals surface area contributed by atoms with Gasteiger partial charge in [0.25, 0.3) is 5.89 Å². The highest BCUT2D eigenvalue weighted by Gasteiger charge is 2.36. The van der Waals surface area contributed by atoms with Gasteiger partial charge in [-0.2, -0.15) is 4.98 Å². The van der Waals surface area contributed by atoms with Crippen LogP contribution >= 0.6 is 0 Å². The van der Waals surface area contributed by atoms with Crippen LogP contribution in [-0.4, -0.2) is 23.0 Å². The van der Waals surface area contributed by atoms with Crippen molar-refractivity contribution in [3.8, 4) is 22.9 Å². The summed E-state index contributed by atoms with van der Waals surface area (Å²) in [6.45, 7) is 5.97. The van der Waals surface area contributed by atoms with Gasteiger partial charge in [0.1, 0.15) is 5.82 Å². The number of carbonyl (C=O) groups is 1. The van der Waals surface area contributed by atoms with Gasteiger partial charge < -0.3 is 19.3 Å². The number of aryl methyl sites for hydroxylation is 2. The standard InChI is InChI=1S/C28H23FN4O4/c1-15-10-16(2)12-21(11-15)33-17(3)24(25(30-28(33)34)18-4-7-20(29)8-5-18)27-31-26(32-37-27)19-6-9-22-23(13-19)36-14-35-22/h4-13,25H,14H2,1-3H3,(H,30,34). The van der Waals surface area contributed by atoms with Crippen molar-refractivity contribution in [3.63, 3.8) is 0 Å². The van der Waals surface area contributed by atoms with Gasteiger partial charge >= 0.3 is 6.03 Å². The molecule has 2 aliphatic rings. The lowest BCUT2D eigenvalue weighted by Gasteiger charge is -2.35. The van der Waals surface area contributed by atoms with Crippen LogP contribution in [0.1, 0.15) is 35.5 Å². The molecule has 6 rings (SSSR count). The predicted molar refractivity (Wildman–Crippen MR) is 135 cm³/mol. The summed E-state index contributed by atoms with van der Waals surface area (Å²) in [7, 11) is 0. The summed E-state index contributed by atoms with van der Waals surface area (Å²) >= 11 is 0. The molecule has 0 saturated heterocycles. The number of rotatable bonds is 4. The number of amides is 2. The molecule has 1 atom stereocenters. The topological polar surface area (TPSA) is 89.7 Å². The zero-order valence-electron chi connectivity index (χ0n) is 20.4. The number of benzene rings is 3. The minimum Gasteiger partial charge on any atom is -0.454 e. The fraction of sp³-hybridized carbons (Fsp3) is 0.179. The van der Waals surface area contributed by atoms with Crippen molar-refractivity contribution < 1.29 is 23.2 Å².